The van der Waals surface area contributed by atoms with Gasteiger partial charge in [0.1, 0.15) is 0 Å². The number of nitrogens with two attached hydrogens (primary N) is 1. The highest BCUT2D eigenvalue weighted by Crippen LogP contribution is 2.18. The second-order valence-corrected chi connectivity index (χ2v) is 5.65. The van der Waals surface area contributed by atoms with Crippen LogP contribution in [0.3, 0.4) is 0 Å². The van der Waals surface area contributed by atoms with Crippen LogP contribution in [0.2, 0.25) is 0 Å². The van der Waals surface area contributed by atoms with Crippen molar-refractivity contribution in [2.75, 3.05) is 5.73 Å². The molecule has 1 amide bonds. The number of nitrogen functional groups attached to an aromatic ring is 1. The van der Waals surface area contributed by atoms with Gasteiger partial charge in [0.05, 0.1) is 5.92 Å². The highest BCUT2D eigenvalue weighted by atomic mass is 16.1. The molecule has 1 aromatic rings. The predicted molar refractivity (Wildman–Crippen MR) is 85.6 cm³/mol. The van der Waals surface area contributed by atoms with Crippen molar-refractivity contribution in [3.63, 3.8) is 0 Å². The second kappa shape index (κ2) is 8.62. The fourth-order valence-electron chi connectivity index (χ4n) is 2.30. The Morgan fingerprint density at radius 1 is 1.25 bits per heavy atom. The van der Waals surface area contributed by atoms with Crippen molar-refractivity contribution in [3.05, 3.63) is 29.8 Å². The first-order chi connectivity index (χ1) is 9.54. The van der Waals surface area contributed by atoms with E-state index in [0.29, 0.717) is 5.69 Å². The Morgan fingerprint density at radius 2 is 2.00 bits per heavy atom. The Morgan fingerprint density at radius 3 is 2.65 bits per heavy atom. The third kappa shape index (κ3) is 5.64. The van der Waals surface area contributed by atoms with Gasteiger partial charge in [-0.1, -0.05) is 44.7 Å². The standard InChI is InChI=1S/C17H28N2O/c1-4-5-6-7-9-13(2)19-17(20)14(3)15-10-8-11-16(18)12-15/h8,10-14H,4-7,9,18H2,1-3H3,(H,19,20). The first kappa shape index (κ1) is 16.5. The van der Waals surface area contributed by atoms with Crippen LogP contribution in [-0.4, -0.2) is 11.9 Å². The summed E-state index contributed by atoms with van der Waals surface area (Å²) in [4.78, 5) is 12.2. The molecule has 0 radical (unpaired) electrons. The molecule has 1 aromatic carbocycles. The number of anilines is 1. The lowest BCUT2D eigenvalue weighted by atomic mass is 9.99. The number of carbonyl (C=O) groups excluding carboxylic acids is 1. The number of unbranched alkanes of at least 4 members (excludes halogenated alkanes) is 3. The summed E-state index contributed by atoms with van der Waals surface area (Å²) in [5.74, 6) is -0.0739. The Balaban J connectivity index is 2.41. The van der Waals surface area contributed by atoms with Gasteiger partial charge in [-0.25, -0.2) is 0 Å². The molecule has 3 heteroatoms. The predicted octanol–water partition coefficient (Wildman–Crippen LogP) is 3.85. The largest absolute Gasteiger partial charge is 0.399 e. The van der Waals surface area contributed by atoms with Crippen molar-refractivity contribution < 1.29 is 4.79 Å². The molecule has 0 aliphatic carbocycles. The molecule has 0 aliphatic heterocycles. The zero-order valence-corrected chi connectivity index (χ0v) is 13.0. The SMILES string of the molecule is CCCCCCC(C)NC(=O)C(C)c1cccc(N)c1. The van der Waals surface area contributed by atoms with Gasteiger partial charge in [-0.2, -0.15) is 0 Å². The molecule has 0 spiro atoms. The summed E-state index contributed by atoms with van der Waals surface area (Å²) in [5.41, 5.74) is 7.44. The van der Waals surface area contributed by atoms with Gasteiger partial charge in [0.25, 0.3) is 0 Å². The number of nitrogens with one attached hydrogen (secondary N) is 1. The number of hydrogen-bond acceptors (Lipinski definition) is 2. The summed E-state index contributed by atoms with van der Waals surface area (Å²) in [6.45, 7) is 6.21. The van der Waals surface area contributed by atoms with E-state index in [-0.39, 0.29) is 17.9 Å². The van der Waals surface area contributed by atoms with E-state index in [2.05, 4.69) is 19.2 Å². The second-order valence-electron chi connectivity index (χ2n) is 5.65. The lowest BCUT2D eigenvalue weighted by molar-refractivity contribution is -0.122. The average Bonchev–Trinajstić information content (AvgIpc) is 2.42. The molecule has 3 nitrogen and oxygen atoms in total. The zero-order valence-electron chi connectivity index (χ0n) is 13.0. The van der Waals surface area contributed by atoms with Crippen molar-refractivity contribution in [3.8, 4) is 0 Å². The Hall–Kier alpha value is -1.51. The quantitative estimate of drug-likeness (QED) is 0.560. The molecule has 1 rings (SSSR count). The van der Waals surface area contributed by atoms with Crippen LogP contribution in [-0.2, 0) is 4.79 Å². The highest BCUT2D eigenvalue weighted by molar-refractivity contribution is 5.83. The molecule has 0 bridgehead atoms. The smallest absolute Gasteiger partial charge is 0.227 e. The molecule has 2 atom stereocenters. The number of rotatable bonds is 8. The molecule has 112 valence electrons. The number of carbonyl (C=O) groups is 1. The van der Waals surface area contributed by atoms with E-state index in [9.17, 15) is 4.79 Å². The van der Waals surface area contributed by atoms with Crippen LogP contribution in [0, 0.1) is 0 Å². The van der Waals surface area contributed by atoms with Gasteiger partial charge in [-0.3, -0.25) is 4.79 Å². The first-order valence-corrected chi connectivity index (χ1v) is 7.70. The zero-order chi connectivity index (χ0) is 15.0. The Kier molecular flexibility index (Phi) is 7.13. The number of amides is 1. The Labute approximate surface area is 122 Å². The number of benzene rings is 1. The fraction of sp³-hybridized carbons (Fsp3) is 0.588. The van der Waals surface area contributed by atoms with Crippen LogP contribution >= 0.6 is 0 Å². The summed E-state index contributed by atoms with van der Waals surface area (Å²) in [5, 5.41) is 3.09. The van der Waals surface area contributed by atoms with Crippen molar-refractivity contribution in [2.45, 2.75) is 64.8 Å². The minimum atomic E-state index is -0.156. The van der Waals surface area contributed by atoms with Gasteiger partial charge in [0.15, 0.2) is 0 Å². The molecule has 0 fully saturated rings. The third-order valence-electron chi connectivity index (χ3n) is 3.68. The topological polar surface area (TPSA) is 55.1 Å². The van der Waals surface area contributed by atoms with Crippen LogP contribution in [0.1, 0.15) is 64.4 Å². The van der Waals surface area contributed by atoms with E-state index in [4.69, 9.17) is 5.73 Å². The van der Waals surface area contributed by atoms with Gasteiger partial charge in [0, 0.05) is 11.7 Å². The van der Waals surface area contributed by atoms with E-state index in [1.165, 1.54) is 25.7 Å². The lowest BCUT2D eigenvalue weighted by Gasteiger charge is -2.18. The molecule has 0 saturated heterocycles. The molecular weight excluding hydrogens is 248 g/mol. The van der Waals surface area contributed by atoms with Gasteiger partial charge in [-0.05, 0) is 38.0 Å². The molecule has 0 saturated carbocycles. The fourth-order valence-corrected chi connectivity index (χ4v) is 2.30. The lowest BCUT2D eigenvalue weighted by Crippen LogP contribution is -2.35. The van der Waals surface area contributed by atoms with Crippen LogP contribution < -0.4 is 11.1 Å². The molecule has 3 N–H and O–H groups in total. The maximum absolute atomic E-state index is 12.2. The summed E-state index contributed by atoms with van der Waals surface area (Å²) < 4.78 is 0. The van der Waals surface area contributed by atoms with E-state index >= 15 is 0 Å². The first-order valence-electron chi connectivity index (χ1n) is 7.70. The highest BCUT2D eigenvalue weighted by Gasteiger charge is 2.17. The molecule has 0 aliphatic rings. The van der Waals surface area contributed by atoms with Crippen molar-refractivity contribution >= 4 is 11.6 Å². The van der Waals surface area contributed by atoms with Gasteiger partial charge in [-0.15, -0.1) is 0 Å². The summed E-state index contributed by atoms with van der Waals surface area (Å²) in [6.07, 6.45) is 6.01. The third-order valence-corrected chi connectivity index (χ3v) is 3.68. The summed E-state index contributed by atoms with van der Waals surface area (Å²) >= 11 is 0. The minimum Gasteiger partial charge on any atom is -0.399 e. The van der Waals surface area contributed by atoms with Crippen LogP contribution in [0.25, 0.3) is 0 Å². The van der Waals surface area contributed by atoms with E-state index in [1.54, 1.807) is 0 Å². The van der Waals surface area contributed by atoms with Crippen molar-refractivity contribution in [1.29, 1.82) is 0 Å². The average molecular weight is 276 g/mol. The van der Waals surface area contributed by atoms with Crippen LogP contribution in [0.5, 0.6) is 0 Å². The van der Waals surface area contributed by atoms with Gasteiger partial charge in [0.2, 0.25) is 5.91 Å². The molecule has 0 heterocycles. The molecule has 20 heavy (non-hydrogen) atoms. The molecule has 2 unspecified atom stereocenters. The van der Waals surface area contributed by atoms with E-state index in [0.717, 1.165) is 12.0 Å². The summed E-state index contributed by atoms with van der Waals surface area (Å²) in [6, 6.07) is 7.79. The minimum absolute atomic E-state index is 0.0820. The van der Waals surface area contributed by atoms with Gasteiger partial charge < -0.3 is 11.1 Å². The summed E-state index contributed by atoms with van der Waals surface area (Å²) in [7, 11) is 0. The normalized spacial score (nSPS) is 13.8. The van der Waals surface area contributed by atoms with E-state index < -0.39 is 0 Å². The Bertz CT molecular complexity index is 417. The number of hydrogen-bond donors (Lipinski definition) is 2. The maximum Gasteiger partial charge on any atom is 0.227 e. The van der Waals surface area contributed by atoms with Crippen LogP contribution in [0.4, 0.5) is 5.69 Å². The van der Waals surface area contributed by atoms with Gasteiger partial charge >= 0.3 is 0 Å². The van der Waals surface area contributed by atoms with E-state index in [1.807, 2.05) is 31.2 Å². The van der Waals surface area contributed by atoms with Crippen molar-refractivity contribution in [2.24, 2.45) is 0 Å². The maximum atomic E-state index is 12.2. The molecule has 0 aromatic heterocycles. The van der Waals surface area contributed by atoms with Crippen LogP contribution in [0.15, 0.2) is 24.3 Å². The van der Waals surface area contributed by atoms with Crippen molar-refractivity contribution in [1.82, 2.24) is 5.32 Å². The monoisotopic (exact) mass is 276 g/mol. The molecular formula is C17H28N2O.